The summed E-state index contributed by atoms with van der Waals surface area (Å²) < 4.78 is 12.3. The molecule has 29 heavy (non-hydrogen) atoms. The molecule has 0 heterocycles. The second kappa shape index (κ2) is 10.6. The largest absolute Gasteiger partial charge is 0.496 e. The van der Waals surface area contributed by atoms with E-state index in [9.17, 15) is 0 Å². The maximum absolute atomic E-state index is 5.86. The molecular weight excluding hydrogens is 450 g/mol. The number of para-hydroxylation sites is 1. The van der Waals surface area contributed by atoms with Gasteiger partial charge in [0.05, 0.1) is 13.3 Å². The number of hydrogen-bond acceptors (Lipinski definition) is 4. The maximum atomic E-state index is 5.86. The summed E-state index contributed by atoms with van der Waals surface area (Å²) in [5, 5.41) is 7.68. The van der Waals surface area contributed by atoms with Crippen LogP contribution in [0.2, 0.25) is 0 Å². The molecule has 2 N–H and O–H groups in total. The fourth-order valence-electron chi connectivity index (χ4n) is 2.53. The molecular formula is C22H20BrN3O2S. The summed E-state index contributed by atoms with van der Waals surface area (Å²) in [6.45, 7) is 0.383. The zero-order valence-electron chi connectivity index (χ0n) is 15.8. The number of nitrogens with zero attached hydrogens (tertiary/aromatic N) is 1. The maximum Gasteiger partial charge on any atom is 0.191 e. The molecule has 0 aliphatic rings. The molecule has 0 atom stereocenters. The molecule has 3 aromatic carbocycles. The van der Waals surface area contributed by atoms with Crippen LogP contribution in [0.4, 0.5) is 5.69 Å². The van der Waals surface area contributed by atoms with Crippen LogP contribution in [-0.4, -0.2) is 18.4 Å². The summed E-state index contributed by atoms with van der Waals surface area (Å²) in [6, 6.07) is 23.1. The van der Waals surface area contributed by atoms with Gasteiger partial charge in [-0.25, -0.2) is 0 Å². The number of thiocarbonyl (C=S) groups is 1. The third-order valence-electron chi connectivity index (χ3n) is 3.92. The highest BCUT2D eigenvalue weighted by atomic mass is 79.9. The number of hydrazone groups is 1. The molecule has 7 heteroatoms. The first kappa shape index (κ1) is 20.8. The number of hydrogen-bond donors (Lipinski definition) is 2. The molecule has 5 nitrogen and oxygen atoms in total. The van der Waals surface area contributed by atoms with Crippen LogP contribution < -0.4 is 20.2 Å². The quantitative estimate of drug-likeness (QED) is 0.277. The van der Waals surface area contributed by atoms with Gasteiger partial charge in [-0.3, -0.25) is 5.43 Å². The van der Waals surface area contributed by atoms with Crippen molar-refractivity contribution in [3.8, 4) is 11.5 Å². The highest BCUT2D eigenvalue weighted by molar-refractivity contribution is 9.10. The van der Waals surface area contributed by atoms with Gasteiger partial charge in [0.2, 0.25) is 0 Å². The predicted octanol–water partition coefficient (Wildman–Crippen LogP) is 5.36. The highest BCUT2D eigenvalue weighted by Gasteiger charge is 2.05. The first-order valence-corrected chi connectivity index (χ1v) is 10.0. The lowest BCUT2D eigenvalue weighted by Crippen LogP contribution is -2.23. The van der Waals surface area contributed by atoms with Crippen molar-refractivity contribution >= 4 is 45.2 Å². The van der Waals surface area contributed by atoms with Crippen molar-refractivity contribution < 1.29 is 9.47 Å². The van der Waals surface area contributed by atoms with Gasteiger partial charge in [-0.15, -0.1) is 0 Å². The van der Waals surface area contributed by atoms with E-state index in [4.69, 9.17) is 21.7 Å². The molecule has 0 unspecified atom stereocenters. The van der Waals surface area contributed by atoms with Gasteiger partial charge in [0, 0.05) is 15.7 Å². The molecule has 0 saturated heterocycles. The van der Waals surface area contributed by atoms with Crippen LogP contribution in [0.1, 0.15) is 11.1 Å². The second-order valence-electron chi connectivity index (χ2n) is 6.00. The van der Waals surface area contributed by atoms with Gasteiger partial charge >= 0.3 is 0 Å². The van der Waals surface area contributed by atoms with E-state index in [1.165, 1.54) is 0 Å². The second-order valence-corrected chi connectivity index (χ2v) is 7.33. The molecule has 0 aromatic heterocycles. The number of methoxy groups -OCH3 is 1. The SMILES string of the molecule is COc1ccc(/C=N/NC(=S)Nc2ccccc2)cc1COc1ccc(Br)cc1. The summed E-state index contributed by atoms with van der Waals surface area (Å²) in [4.78, 5) is 0. The fraction of sp³-hybridized carbons (Fsp3) is 0.0909. The van der Waals surface area contributed by atoms with Crippen molar-refractivity contribution in [1.82, 2.24) is 5.43 Å². The van der Waals surface area contributed by atoms with Crippen molar-refractivity contribution in [3.63, 3.8) is 0 Å². The molecule has 3 aromatic rings. The molecule has 0 aliphatic heterocycles. The fourth-order valence-corrected chi connectivity index (χ4v) is 2.96. The van der Waals surface area contributed by atoms with E-state index < -0.39 is 0 Å². The first-order chi connectivity index (χ1) is 14.1. The van der Waals surface area contributed by atoms with Crippen molar-refractivity contribution in [3.05, 3.63) is 88.4 Å². The Morgan fingerprint density at radius 2 is 1.83 bits per heavy atom. The normalized spacial score (nSPS) is 10.6. The number of halogens is 1. The first-order valence-electron chi connectivity index (χ1n) is 8.84. The van der Waals surface area contributed by atoms with Gasteiger partial charge < -0.3 is 14.8 Å². The molecule has 0 bridgehead atoms. The van der Waals surface area contributed by atoms with Gasteiger partial charge in [0.25, 0.3) is 0 Å². The Bertz CT molecular complexity index is 979. The van der Waals surface area contributed by atoms with Gasteiger partial charge in [-0.2, -0.15) is 5.10 Å². The zero-order chi connectivity index (χ0) is 20.5. The molecule has 148 valence electrons. The molecule has 0 aliphatic carbocycles. The lowest BCUT2D eigenvalue weighted by molar-refractivity contribution is 0.296. The monoisotopic (exact) mass is 469 g/mol. The van der Waals surface area contributed by atoms with Crippen LogP contribution >= 0.6 is 28.1 Å². The van der Waals surface area contributed by atoms with Crippen LogP contribution in [0.3, 0.4) is 0 Å². The van der Waals surface area contributed by atoms with Gasteiger partial charge in [-0.1, -0.05) is 34.1 Å². The summed E-state index contributed by atoms with van der Waals surface area (Å²) in [7, 11) is 1.64. The van der Waals surface area contributed by atoms with Gasteiger partial charge in [0.1, 0.15) is 18.1 Å². The molecule has 0 radical (unpaired) electrons. The molecule has 0 fully saturated rings. The van der Waals surface area contributed by atoms with E-state index in [0.29, 0.717) is 11.7 Å². The van der Waals surface area contributed by atoms with Crippen LogP contribution in [-0.2, 0) is 6.61 Å². The Balaban J connectivity index is 1.60. The Morgan fingerprint density at radius 3 is 2.55 bits per heavy atom. The smallest absolute Gasteiger partial charge is 0.191 e. The minimum atomic E-state index is 0.383. The van der Waals surface area contributed by atoms with E-state index in [0.717, 1.165) is 32.8 Å². The highest BCUT2D eigenvalue weighted by Crippen LogP contribution is 2.23. The van der Waals surface area contributed by atoms with E-state index in [1.807, 2.05) is 72.8 Å². The number of benzene rings is 3. The third kappa shape index (κ3) is 6.58. The average molecular weight is 470 g/mol. The number of rotatable bonds is 7. The van der Waals surface area contributed by atoms with Crippen LogP contribution in [0.5, 0.6) is 11.5 Å². The van der Waals surface area contributed by atoms with E-state index >= 15 is 0 Å². The van der Waals surface area contributed by atoms with Crippen molar-refractivity contribution in [2.75, 3.05) is 12.4 Å². The molecule has 0 spiro atoms. The Kier molecular flexibility index (Phi) is 7.61. The minimum Gasteiger partial charge on any atom is -0.496 e. The van der Waals surface area contributed by atoms with Gasteiger partial charge in [0.15, 0.2) is 5.11 Å². The van der Waals surface area contributed by atoms with Crippen molar-refractivity contribution in [2.24, 2.45) is 5.10 Å². The zero-order valence-corrected chi connectivity index (χ0v) is 18.2. The lowest BCUT2D eigenvalue weighted by Gasteiger charge is -2.11. The van der Waals surface area contributed by atoms with Crippen molar-refractivity contribution in [2.45, 2.75) is 6.61 Å². The lowest BCUT2D eigenvalue weighted by atomic mass is 10.1. The average Bonchev–Trinajstić information content (AvgIpc) is 2.74. The minimum absolute atomic E-state index is 0.383. The standard InChI is InChI=1S/C22H20BrN3O2S/c1-27-21-12-7-16(13-17(21)15-28-20-10-8-18(23)9-11-20)14-24-26-22(29)25-19-5-3-2-4-6-19/h2-14H,15H2,1H3,(H2,25,26,29)/b24-14+. The van der Waals surface area contributed by atoms with E-state index in [1.54, 1.807) is 13.3 Å². The Hall–Kier alpha value is -2.90. The van der Waals surface area contributed by atoms with E-state index in [2.05, 4.69) is 31.8 Å². The summed E-state index contributed by atoms with van der Waals surface area (Å²) >= 11 is 8.66. The Labute approximate surface area is 183 Å². The summed E-state index contributed by atoms with van der Waals surface area (Å²) in [6.07, 6.45) is 1.70. The molecule has 0 amide bonds. The summed E-state index contributed by atoms with van der Waals surface area (Å²) in [5.74, 6) is 1.54. The molecule has 3 rings (SSSR count). The molecule has 0 saturated carbocycles. The number of nitrogens with one attached hydrogen (secondary N) is 2. The predicted molar refractivity (Wildman–Crippen MR) is 125 cm³/mol. The summed E-state index contributed by atoms with van der Waals surface area (Å²) in [5.41, 5.74) is 5.53. The number of anilines is 1. The van der Waals surface area contributed by atoms with E-state index in [-0.39, 0.29) is 0 Å². The van der Waals surface area contributed by atoms with Gasteiger partial charge in [-0.05, 0) is 72.4 Å². The number of ether oxygens (including phenoxy) is 2. The van der Waals surface area contributed by atoms with Crippen LogP contribution in [0.25, 0.3) is 0 Å². The Morgan fingerprint density at radius 1 is 1.07 bits per heavy atom. The third-order valence-corrected chi connectivity index (χ3v) is 4.65. The van der Waals surface area contributed by atoms with Crippen LogP contribution in [0.15, 0.2) is 82.4 Å². The van der Waals surface area contributed by atoms with Crippen LogP contribution in [0, 0.1) is 0 Å². The van der Waals surface area contributed by atoms with Crippen molar-refractivity contribution in [1.29, 1.82) is 0 Å². The topological polar surface area (TPSA) is 54.9 Å².